The molecule has 1 amide bonds. The van der Waals surface area contributed by atoms with Gasteiger partial charge in [0, 0.05) is 5.39 Å². The van der Waals surface area contributed by atoms with Gasteiger partial charge in [-0.2, -0.15) is 0 Å². The van der Waals surface area contributed by atoms with E-state index in [1.54, 1.807) is 0 Å². The second-order valence-corrected chi connectivity index (χ2v) is 5.51. The number of hydrogen-bond acceptors (Lipinski definition) is 3. The fraction of sp³-hybridized carbons (Fsp3) is 0.0625. The average molecular weight is 348 g/mol. The molecule has 6 nitrogen and oxygen atoms in total. The van der Waals surface area contributed by atoms with Crippen LogP contribution in [-0.4, -0.2) is 26.5 Å². The number of carboxylic acid groups (broad SMARTS) is 1. The first-order chi connectivity index (χ1) is 11.4. The molecule has 122 valence electrons. The molecule has 0 aliphatic rings. The molecule has 3 aromatic rings. The van der Waals surface area contributed by atoms with Crippen molar-refractivity contribution in [3.05, 3.63) is 64.8 Å². The van der Waals surface area contributed by atoms with Crippen LogP contribution in [0.1, 0.15) is 22.1 Å². The highest BCUT2D eigenvalue weighted by molar-refractivity contribution is 6.30. The number of carboxylic acids is 1. The molecule has 2 aromatic heterocycles. The van der Waals surface area contributed by atoms with Crippen LogP contribution in [0.4, 0.5) is 4.39 Å². The standard InChI is InChI=1S/C16H11ClFN3O3/c17-13-6-9-5-11(16(23)24)21(12(9)7-20-13)14(15(19)22)8-1-3-10(18)4-2-8/h1-7,14H,(H2,19,22)(H,23,24). The molecule has 8 heteroatoms. The molecule has 1 aromatic carbocycles. The van der Waals surface area contributed by atoms with Crippen LogP contribution >= 0.6 is 11.6 Å². The van der Waals surface area contributed by atoms with E-state index in [0.717, 1.165) is 0 Å². The molecular weight excluding hydrogens is 337 g/mol. The molecule has 0 bridgehead atoms. The van der Waals surface area contributed by atoms with E-state index < -0.39 is 23.7 Å². The van der Waals surface area contributed by atoms with E-state index in [1.165, 1.54) is 47.2 Å². The molecule has 0 aliphatic heterocycles. The smallest absolute Gasteiger partial charge is 0.352 e. The predicted octanol–water partition coefficient (Wildman–Crippen LogP) is 2.60. The van der Waals surface area contributed by atoms with E-state index in [-0.39, 0.29) is 10.8 Å². The van der Waals surface area contributed by atoms with Gasteiger partial charge in [0.05, 0.1) is 11.7 Å². The summed E-state index contributed by atoms with van der Waals surface area (Å²) in [7, 11) is 0. The zero-order valence-electron chi connectivity index (χ0n) is 12.1. The van der Waals surface area contributed by atoms with Crippen LogP contribution in [0.5, 0.6) is 0 Å². The highest BCUT2D eigenvalue weighted by atomic mass is 35.5. The van der Waals surface area contributed by atoms with Crippen molar-refractivity contribution < 1.29 is 19.1 Å². The van der Waals surface area contributed by atoms with E-state index in [4.69, 9.17) is 17.3 Å². The molecule has 0 fully saturated rings. The quantitative estimate of drug-likeness (QED) is 0.709. The van der Waals surface area contributed by atoms with Gasteiger partial charge in [-0.05, 0) is 29.8 Å². The van der Waals surface area contributed by atoms with Crippen molar-refractivity contribution in [3.63, 3.8) is 0 Å². The number of primary amides is 1. The van der Waals surface area contributed by atoms with Crippen molar-refractivity contribution >= 4 is 34.4 Å². The number of benzene rings is 1. The number of nitrogens with two attached hydrogens (primary N) is 1. The maximum absolute atomic E-state index is 13.2. The normalized spacial score (nSPS) is 12.2. The summed E-state index contributed by atoms with van der Waals surface area (Å²) in [4.78, 5) is 27.6. The summed E-state index contributed by atoms with van der Waals surface area (Å²) >= 11 is 5.84. The summed E-state index contributed by atoms with van der Waals surface area (Å²) in [6, 6.07) is 6.85. The van der Waals surface area contributed by atoms with Gasteiger partial charge in [0.25, 0.3) is 0 Å². The Morgan fingerprint density at radius 3 is 2.50 bits per heavy atom. The van der Waals surface area contributed by atoms with E-state index >= 15 is 0 Å². The SMILES string of the molecule is NC(=O)C(c1ccc(F)cc1)n1c(C(=O)O)cc2cc(Cl)ncc21. The van der Waals surface area contributed by atoms with E-state index in [2.05, 4.69) is 4.98 Å². The molecule has 0 spiro atoms. The van der Waals surface area contributed by atoms with Gasteiger partial charge in [-0.1, -0.05) is 23.7 Å². The van der Waals surface area contributed by atoms with Crippen molar-refractivity contribution in [1.29, 1.82) is 0 Å². The van der Waals surface area contributed by atoms with Crippen LogP contribution in [0.15, 0.2) is 42.6 Å². The molecule has 1 atom stereocenters. The minimum Gasteiger partial charge on any atom is -0.477 e. The molecular formula is C16H11ClFN3O3. The molecule has 0 aliphatic carbocycles. The monoisotopic (exact) mass is 347 g/mol. The third kappa shape index (κ3) is 2.69. The lowest BCUT2D eigenvalue weighted by atomic mass is 10.1. The summed E-state index contributed by atoms with van der Waals surface area (Å²) in [6.07, 6.45) is 1.36. The Morgan fingerprint density at radius 2 is 1.92 bits per heavy atom. The van der Waals surface area contributed by atoms with Crippen molar-refractivity contribution in [2.24, 2.45) is 5.73 Å². The number of hydrogen-bond donors (Lipinski definition) is 2. The molecule has 24 heavy (non-hydrogen) atoms. The van der Waals surface area contributed by atoms with Gasteiger partial charge in [-0.15, -0.1) is 0 Å². The zero-order chi connectivity index (χ0) is 17.4. The molecule has 0 saturated heterocycles. The Kier molecular flexibility index (Phi) is 3.94. The summed E-state index contributed by atoms with van der Waals surface area (Å²) in [5.74, 6) is -2.50. The second kappa shape index (κ2) is 5.93. The largest absolute Gasteiger partial charge is 0.477 e. The van der Waals surface area contributed by atoms with Gasteiger partial charge in [0.1, 0.15) is 22.7 Å². The fourth-order valence-corrected chi connectivity index (χ4v) is 2.80. The maximum atomic E-state index is 13.2. The van der Waals surface area contributed by atoms with E-state index in [0.29, 0.717) is 16.5 Å². The van der Waals surface area contributed by atoms with Crippen LogP contribution in [0.2, 0.25) is 5.15 Å². The highest BCUT2D eigenvalue weighted by Crippen LogP contribution is 2.29. The fourth-order valence-electron chi connectivity index (χ4n) is 2.63. The Morgan fingerprint density at radius 1 is 1.25 bits per heavy atom. The Hall–Kier alpha value is -2.93. The number of aromatic carboxylic acids is 1. The molecule has 0 radical (unpaired) electrons. The average Bonchev–Trinajstić information content (AvgIpc) is 2.88. The van der Waals surface area contributed by atoms with Crippen molar-refractivity contribution in [2.45, 2.75) is 6.04 Å². The third-order valence-electron chi connectivity index (χ3n) is 3.62. The van der Waals surface area contributed by atoms with Crippen LogP contribution < -0.4 is 5.73 Å². The molecule has 3 N–H and O–H groups in total. The minimum absolute atomic E-state index is 0.151. The van der Waals surface area contributed by atoms with E-state index in [1.807, 2.05) is 0 Å². The Balaban J connectivity index is 2.31. The maximum Gasteiger partial charge on any atom is 0.352 e. The van der Waals surface area contributed by atoms with Gasteiger partial charge in [0.15, 0.2) is 0 Å². The van der Waals surface area contributed by atoms with E-state index in [9.17, 15) is 19.1 Å². The number of carbonyl (C=O) groups is 2. The van der Waals surface area contributed by atoms with Crippen LogP contribution in [0, 0.1) is 5.82 Å². The predicted molar refractivity (Wildman–Crippen MR) is 85.4 cm³/mol. The highest BCUT2D eigenvalue weighted by Gasteiger charge is 2.27. The molecule has 3 rings (SSSR count). The molecule has 0 saturated carbocycles. The molecule has 2 heterocycles. The second-order valence-electron chi connectivity index (χ2n) is 5.13. The van der Waals surface area contributed by atoms with Gasteiger partial charge in [-0.3, -0.25) is 4.79 Å². The summed E-state index contributed by atoms with van der Waals surface area (Å²) in [5.41, 5.74) is 6.08. The molecule has 1 unspecified atom stereocenters. The number of nitrogens with zero attached hydrogens (tertiary/aromatic N) is 2. The number of halogens is 2. The number of carbonyl (C=O) groups excluding carboxylic acids is 1. The lowest BCUT2D eigenvalue weighted by Crippen LogP contribution is -2.29. The van der Waals surface area contributed by atoms with Crippen molar-refractivity contribution in [2.75, 3.05) is 0 Å². The van der Waals surface area contributed by atoms with Gasteiger partial charge in [-0.25, -0.2) is 14.2 Å². The summed E-state index contributed by atoms with van der Waals surface area (Å²) in [5, 5.41) is 10.2. The number of fused-ring (bicyclic) bond motifs is 1. The number of amides is 1. The van der Waals surface area contributed by atoms with Gasteiger partial charge < -0.3 is 15.4 Å². The first kappa shape index (κ1) is 15.9. The lowest BCUT2D eigenvalue weighted by molar-refractivity contribution is -0.120. The van der Waals surface area contributed by atoms with Crippen molar-refractivity contribution in [3.8, 4) is 0 Å². The number of aromatic nitrogens is 2. The van der Waals surface area contributed by atoms with Crippen LogP contribution in [0.3, 0.4) is 0 Å². The summed E-state index contributed by atoms with van der Waals surface area (Å²) < 4.78 is 14.4. The third-order valence-corrected chi connectivity index (χ3v) is 3.83. The summed E-state index contributed by atoms with van der Waals surface area (Å²) in [6.45, 7) is 0. The number of pyridine rings is 1. The lowest BCUT2D eigenvalue weighted by Gasteiger charge is -2.19. The Labute approximate surface area is 140 Å². The van der Waals surface area contributed by atoms with Gasteiger partial charge in [0.2, 0.25) is 5.91 Å². The van der Waals surface area contributed by atoms with Gasteiger partial charge >= 0.3 is 5.97 Å². The zero-order valence-corrected chi connectivity index (χ0v) is 12.9. The first-order valence-corrected chi connectivity index (χ1v) is 7.21. The number of rotatable bonds is 4. The van der Waals surface area contributed by atoms with Crippen LogP contribution in [-0.2, 0) is 4.79 Å². The van der Waals surface area contributed by atoms with Crippen molar-refractivity contribution in [1.82, 2.24) is 9.55 Å². The first-order valence-electron chi connectivity index (χ1n) is 6.83. The minimum atomic E-state index is -1.24. The Bertz CT molecular complexity index is 953. The van der Waals surface area contributed by atoms with Crippen LogP contribution in [0.25, 0.3) is 10.9 Å². The topological polar surface area (TPSA) is 98.2 Å².